The van der Waals surface area contributed by atoms with Gasteiger partial charge in [0, 0.05) is 5.56 Å². The van der Waals surface area contributed by atoms with Gasteiger partial charge >= 0.3 is 17.1 Å². The molecule has 10 radical (unpaired) electrons. The Hall–Kier alpha value is -1.03. The van der Waals surface area contributed by atoms with Gasteiger partial charge in [0.1, 0.15) is 0 Å². The molecule has 1 aromatic carbocycles. The van der Waals surface area contributed by atoms with E-state index in [0.717, 1.165) is 5.56 Å². The molecule has 0 N–H and O–H groups in total. The first-order chi connectivity index (χ1) is 9.86. The van der Waals surface area contributed by atoms with E-state index in [0.29, 0.717) is 5.92 Å². The summed E-state index contributed by atoms with van der Waals surface area (Å²) < 4.78 is 0. The van der Waals surface area contributed by atoms with Crippen LogP contribution in [-0.4, -0.2) is 5.78 Å². The van der Waals surface area contributed by atoms with Gasteiger partial charge in [-0.25, -0.2) is 0 Å². The third-order valence-corrected chi connectivity index (χ3v) is 2.57. The Labute approximate surface area is 139 Å². The largest absolute Gasteiger partial charge is 2.00 e. The van der Waals surface area contributed by atoms with Crippen molar-refractivity contribution in [3.8, 4) is 11.8 Å². The van der Waals surface area contributed by atoms with Gasteiger partial charge in [-0.3, -0.25) is 4.79 Å². The zero-order chi connectivity index (χ0) is 14.0. The molecule has 0 aromatic heterocycles. The maximum Gasteiger partial charge on any atom is 2.00 e. The van der Waals surface area contributed by atoms with Gasteiger partial charge < -0.3 is 0 Å². The van der Waals surface area contributed by atoms with E-state index in [-0.39, 0.29) is 22.9 Å². The van der Waals surface area contributed by atoms with Gasteiger partial charge in [0.2, 0.25) is 5.78 Å². The number of rotatable bonds is 1. The number of benzene rings is 1. The van der Waals surface area contributed by atoms with Gasteiger partial charge in [-0.2, -0.15) is 0 Å². The Morgan fingerprint density at radius 1 is 0.762 bits per heavy atom. The molecule has 21 heavy (non-hydrogen) atoms. The Kier molecular flexibility index (Phi) is 9.15. The molecule has 102 valence electrons. The Morgan fingerprint density at radius 3 is 1.81 bits per heavy atom. The molecule has 1 nitrogen and oxygen atoms in total. The molecule has 0 spiro atoms. The molecule has 1 aromatic rings. The second-order valence-electron chi connectivity index (χ2n) is 4.08. The first kappa shape index (κ1) is 18.0. The fourth-order valence-electron chi connectivity index (χ4n) is 1.57. The second-order valence-corrected chi connectivity index (χ2v) is 4.08. The third-order valence-electron chi connectivity index (χ3n) is 2.57. The molecule has 2 fully saturated rings. The van der Waals surface area contributed by atoms with Crippen LogP contribution >= 0.6 is 0 Å². The van der Waals surface area contributed by atoms with Crippen LogP contribution in [0.4, 0.5) is 0 Å². The van der Waals surface area contributed by atoms with E-state index in [4.69, 9.17) is 0 Å². The van der Waals surface area contributed by atoms with Crippen LogP contribution < -0.4 is 0 Å². The summed E-state index contributed by atoms with van der Waals surface area (Å²) in [6.45, 7) is 0. The summed E-state index contributed by atoms with van der Waals surface area (Å²) in [6.07, 6.45) is 17.2. The Balaban J connectivity index is 0.000000313. The van der Waals surface area contributed by atoms with Gasteiger partial charge in [-0.05, 0) is 75.8 Å². The molecule has 0 aliphatic heterocycles. The number of ketones is 1. The second kappa shape index (κ2) is 10.7. The van der Waals surface area contributed by atoms with E-state index < -0.39 is 0 Å². The zero-order valence-corrected chi connectivity index (χ0v) is 12.4. The summed E-state index contributed by atoms with van der Waals surface area (Å²) in [5.41, 5.74) is 0.859. The first-order valence-electron chi connectivity index (χ1n) is 6.36. The molecular weight excluding hydrogens is 300 g/mol. The summed E-state index contributed by atoms with van der Waals surface area (Å²) in [5.74, 6) is 5.96. The van der Waals surface area contributed by atoms with Crippen molar-refractivity contribution >= 4 is 5.78 Å². The minimum absolute atomic E-state index is 0. The molecule has 2 aliphatic rings. The normalized spacial score (nSPS) is 17.0. The number of Topliss-reactive ketones (excluding diaryl/α,β-unsaturated/α-hetero) is 1. The third kappa shape index (κ3) is 6.98. The summed E-state index contributed by atoms with van der Waals surface area (Å²) in [7, 11) is 0. The van der Waals surface area contributed by atoms with Crippen LogP contribution in [0.2, 0.25) is 0 Å². The van der Waals surface area contributed by atoms with Crippen molar-refractivity contribution < 1.29 is 21.9 Å². The minimum Gasteiger partial charge on any atom is -0.284 e. The van der Waals surface area contributed by atoms with E-state index in [1.165, 1.54) is 0 Å². The van der Waals surface area contributed by atoms with Crippen molar-refractivity contribution in [1.82, 2.24) is 0 Å². The van der Waals surface area contributed by atoms with Crippen LogP contribution in [0.3, 0.4) is 0 Å². The fourth-order valence-corrected chi connectivity index (χ4v) is 1.57. The summed E-state index contributed by atoms with van der Waals surface area (Å²) in [6, 6.07) is 9.48. The molecule has 0 saturated heterocycles. The fraction of sp³-hybridized carbons (Fsp3) is 0. The van der Waals surface area contributed by atoms with E-state index in [1.54, 1.807) is 12.8 Å². The van der Waals surface area contributed by atoms with Gasteiger partial charge in [0.25, 0.3) is 0 Å². The number of hydrogen-bond acceptors (Lipinski definition) is 1. The summed E-state index contributed by atoms with van der Waals surface area (Å²) in [5, 5.41) is 0. The van der Waals surface area contributed by atoms with Crippen molar-refractivity contribution in [3.63, 3.8) is 0 Å². The van der Waals surface area contributed by atoms with Crippen LogP contribution in [0.5, 0.6) is 0 Å². The molecule has 2 aliphatic carbocycles. The predicted molar refractivity (Wildman–Crippen MR) is 80.3 cm³/mol. The monoisotopic (exact) mass is 314 g/mol. The average molecular weight is 314 g/mol. The molecule has 0 amide bonds. The molecule has 0 atom stereocenters. The van der Waals surface area contributed by atoms with Crippen molar-refractivity contribution in [2.45, 2.75) is 0 Å². The van der Waals surface area contributed by atoms with Gasteiger partial charge in [-0.15, -0.1) is 0 Å². The number of carbonyl (C=O) groups is 1. The zero-order valence-electron chi connectivity index (χ0n) is 11.3. The van der Waals surface area contributed by atoms with Gasteiger partial charge in [0.15, 0.2) is 0 Å². The molecule has 0 unspecified atom stereocenters. The van der Waals surface area contributed by atoms with Crippen LogP contribution in [-0.2, 0) is 21.9 Å². The standard InChI is InChI=1S/C14H9O.C5H5.Fe/c15-14(13-8-4-5-9-13)11-10-12-6-2-1-3-7-12;1-2-4-5-3-1;/h1-9H;1-5H;/q;;+2. The maximum atomic E-state index is 11.5. The van der Waals surface area contributed by atoms with E-state index in [9.17, 15) is 4.79 Å². The molecule has 0 heterocycles. The van der Waals surface area contributed by atoms with Crippen LogP contribution in [0.15, 0.2) is 30.3 Å². The van der Waals surface area contributed by atoms with Crippen molar-refractivity contribution in [3.05, 3.63) is 99.6 Å². The first-order valence-corrected chi connectivity index (χ1v) is 6.36. The van der Waals surface area contributed by atoms with Gasteiger partial charge in [0.05, 0.1) is 5.92 Å². The summed E-state index contributed by atoms with van der Waals surface area (Å²) in [4.78, 5) is 11.5. The van der Waals surface area contributed by atoms with Crippen molar-refractivity contribution in [2.24, 2.45) is 0 Å². The number of carbonyl (C=O) groups excluding carboxylic acids is 1. The smallest absolute Gasteiger partial charge is 0.284 e. The Morgan fingerprint density at radius 2 is 1.29 bits per heavy atom. The minimum atomic E-state index is -0.135. The maximum absolute atomic E-state index is 11.5. The van der Waals surface area contributed by atoms with E-state index in [1.807, 2.05) is 75.3 Å². The average Bonchev–Trinajstić information content (AvgIpc) is 3.20. The molecule has 0 bridgehead atoms. The van der Waals surface area contributed by atoms with Crippen LogP contribution in [0.25, 0.3) is 0 Å². The predicted octanol–water partition coefficient (Wildman–Crippen LogP) is 3.03. The Bertz CT molecular complexity index is 452. The van der Waals surface area contributed by atoms with Gasteiger partial charge in [-0.1, -0.05) is 24.1 Å². The van der Waals surface area contributed by atoms with Crippen LogP contribution in [0, 0.1) is 75.5 Å². The quantitative estimate of drug-likeness (QED) is 0.575. The van der Waals surface area contributed by atoms with Crippen LogP contribution in [0.1, 0.15) is 5.56 Å². The molecule has 2 heteroatoms. The van der Waals surface area contributed by atoms with Crippen molar-refractivity contribution in [1.29, 1.82) is 0 Å². The van der Waals surface area contributed by atoms with Crippen molar-refractivity contribution in [2.75, 3.05) is 0 Å². The van der Waals surface area contributed by atoms with E-state index in [2.05, 4.69) is 11.8 Å². The number of hydrogen-bond donors (Lipinski definition) is 0. The van der Waals surface area contributed by atoms with E-state index >= 15 is 0 Å². The molecule has 3 rings (SSSR count). The SMILES string of the molecule is O=C(C#Cc1ccccc1)[C]1[CH][CH][CH][CH]1.[CH]1[CH][CH][CH][CH]1.[Fe+2]. The topological polar surface area (TPSA) is 17.1 Å². The molecule has 2 saturated carbocycles. The molecular formula is C19H14FeO+2. The summed E-state index contributed by atoms with van der Waals surface area (Å²) >= 11 is 0.